The van der Waals surface area contributed by atoms with Gasteiger partial charge in [0.25, 0.3) is 0 Å². The van der Waals surface area contributed by atoms with Gasteiger partial charge in [-0.15, -0.1) is 0 Å². The smallest absolute Gasteiger partial charge is 0.412 e. The number of pyridine rings is 1. The van der Waals surface area contributed by atoms with Crippen LogP contribution in [0.1, 0.15) is 20.8 Å². The molecule has 2 saturated heterocycles. The van der Waals surface area contributed by atoms with Gasteiger partial charge in [0.1, 0.15) is 11.3 Å². The van der Waals surface area contributed by atoms with E-state index >= 15 is 0 Å². The van der Waals surface area contributed by atoms with Gasteiger partial charge in [0.2, 0.25) is 5.88 Å². The highest BCUT2D eigenvalue weighted by molar-refractivity contribution is 5.87. The summed E-state index contributed by atoms with van der Waals surface area (Å²) in [6.07, 6.45) is 1.23. The average molecular weight is 321 g/mol. The Morgan fingerprint density at radius 2 is 2.09 bits per heavy atom. The molecule has 1 N–H and O–H groups in total. The lowest BCUT2D eigenvalue weighted by Crippen LogP contribution is -2.66. The van der Waals surface area contributed by atoms with E-state index in [2.05, 4.69) is 15.2 Å². The molecule has 0 unspecified atom stereocenters. The number of amides is 1. The van der Waals surface area contributed by atoms with Crippen molar-refractivity contribution in [3.05, 3.63) is 12.3 Å². The second kappa shape index (κ2) is 5.56. The number of hydrogen-bond acceptors (Lipinski definition) is 6. The van der Waals surface area contributed by atoms with Crippen LogP contribution in [-0.4, -0.2) is 50.1 Å². The molecular formula is C16H23N3O4. The van der Waals surface area contributed by atoms with Gasteiger partial charge in [-0.05, 0) is 26.8 Å². The first-order valence-electron chi connectivity index (χ1n) is 7.67. The van der Waals surface area contributed by atoms with Crippen LogP contribution >= 0.6 is 0 Å². The van der Waals surface area contributed by atoms with Crippen molar-refractivity contribution in [3.63, 3.8) is 0 Å². The standard InChI is InChI=1S/C16H23N3O4/c1-15(2,3)23-14(20)18-12-5-11(6-17-13(12)21-4)19-7-16(8-19)9-22-10-16/h5-6H,7-10H2,1-4H3,(H,18,20). The molecule has 3 rings (SSSR count). The van der Waals surface area contributed by atoms with Gasteiger partial charge in [-0.2, -0.15) is 0 Å². The fourth-order valence-corrected chi connectivity index (χ4v) is 2.80. The number of rotatable bonds is 3. The van der Waals surface area contributed by atoms with Gasteiger partial charge < -0.3 is 19.1 Å². The second-order valence-electron chi connectivity index (χ2n) is 7.23. The van der Waals surface area contributed by atoms with Crippen LogP contribution in [0.4, 0.5) is 16.2 Å². The highest BCUT2D eigenvalue weighted by Crippen LogP contribution is 2.41. The van der Waals surface area contributed by atoms with Crippen LogP contribution < -0.4 is 15.0 Å². The minimum Gasteiger partial charge on any atom is -0.480 e. The van der Waals surface area contributed by atoms with Gasteiger partial charge in [-0.3, -0.25) is 5.32 Å². The Bertz CT molecular complexity index is 600. The van der Waals surface area contributed by atoms with E-state index in [-0.39, 0.29) is 0 Å². The topological polar surface area (TPSA) is 72.9 Å². The first-order valence-corrected chi connectivity index (χ1v) is 7.67. The Balaban J connectivity index is 1.70. The third kappa shape index (κ3) is 3.34. The molecule has 23 heavy (non-hydrogen) atoms. The number of anilines is 2. The molecule has 7 nitrogen and oxygen atoms in total. The largest absolute Gasteiger partial charge is 0.480 e. The molecule has 0 saturated carbocycles. The monoisotopic (exact) mass is 321 g/mol. The van der Waals surface area contributed by atoms with Crippen LogP contribution in [0, 0.1) is 5.41 Å². The summed E-state index contributed by atoms with van der Waals surface area (Å²) >= 11 is 0. The Labute approximate surface area is 135 Å². The van der Waals surface area contributed by atoms with Gasteiger partial charge in [-0.25, -0.2) is 9.78 Å². The number of carbonyl (C=O) groups is 1. The zero-order chi connectivity index (χ0) is 16.7. The van der Waals surface area contributed by atoms with Crippen molar-refractivity contribution in [2.45, 2.75) is 26.4 Å². The van der Waals surface area contributed by atoms with E-state index in [1.54, 1.807) is 6.20 Å². The van der Waals surface area contributed by atoms with Gasteiger partial charge in [-0.1, -0.05) is 0 Å². The number of hydrogen-bond donors (Lipinski definition) is 1. The van der Waals surface area contributed by atoms with Crippen molar-refractivity contribution in [1.29, 1.82) is 0 Å². The Morgan fingerprint density at radius 3 is 2.61 bits per heavy atom. The van der Waals surface area contributed by atoms with Crippen molar-refractivity contribution in [2.24, 2.45) is 5.41 Å². The molecule has 3 heterocycles. The van der Waals surface area contributed by atoms with Crippen LogP contribution in [0.3, 0.4) is 0 Å². The lowest BCUT2D eigenvalue weighted by atomic mass is 9.78. The normalized spacial score (nSPS) is 18.9. The molecule has 0 atom stereocenters. The summed E-state index contributed by atoms with van der Waals surface area (Å²) in [5.41, 5.74) is 1.22. The van der Waals surface area contributed by atoms with E-state index in [1.165, 1.54) is 7.11 Å². The third-order valence-electron chi connectivity index (χ3n) is 3.90. The van der Waals surface area contributed by atoms with E-state index in [1.807, 2.05) is 26.8 Å². The molecule has 126 valence electrons. The maximum Gasteiger partial charge on any atom is 0.412 e. The summed E-state index contributed by atoms with van der Waals surface area (Å²) < 4.78 is 15.8. The zero-order valence-corrected chi connectivity index (χ0v) is 14.0. The molecule has 0 aliphatic carbocycles. The summed E-state index contributed by atoms with van der Waals surface area (Å²) in [5, 5.41) is 2.71. The Hall–Kier alpha value is -2.02. The zero-order valence-electron chi connectivity index (χ0n) is 14.0. The Morgan fingerprint density at radius 1 is 1.39 bits per heavy atom. The molecule has 1 spiro atoms. The van der Waals surface area contributed by atoms with Crippen LogP contribution in [0.5, 0.6) is 5.88 Å². The van der Waals surface area contributed by atoms with Crippen molar-refractivity contribution < 1.29 is 19.0 Å². The maximum absolute atomic E-state index is 12.0. The Kier molecular flexibility index (Phi) is 3.83. The first kappa shape index (κ1) is 15.9. The minimum absolute atomic E-state index is 0.318. The quantitative estimate of drug-likeness (QED) is 0.921. The highest BCUT2D eigenvalue weighted by Gasteiger charge is 2.49. The summed E-state index contributed by atoms with van der Waals surface area (Å²) in [6.45, 7) is 9.02. The SMILES string of the molecule is COc1ncc(N2CC3(COC3)C2)cc1NC(=O)OC(C)(C)C. The predicted molar refractivity (Wildman–Crippen MR) is 86.1 cm³/mol. The predicted octanol–water partition coefficient (Wildman–Crippen LogP) is 2.27. The van der Waals surface area contributed by atoms with E-state index in [4.69, 9.17) is 14.2 Å². The van der Waals surface area contributed by atoms with Crippen LogP contribution in [0.15, 0.2) is 12.3 Å². The molecule has 0 radical (unpaired) electrons. The fourth-order valence-electron chi connectivity index (χ4n) is 2.80. The van der Waals surface area contributed by atoms with Gasteiger partial charge >= 0.3 is 6.09 Å². The first-order chi connectivity index (χ1) is 10.8. The summed E-state index contributed by atoms with van der Waals surface area (Å²) in [4.78, 5) is 18.5. The van der Waals surface area contributed by atoms with E-state index < -0.39 is 11.7 Å². The van der Waals surface area contributed by atoms with Crippen LogP contribution in [-0.2, 0) is 9.47 Å². The van der Waals surface area contributed by atoms with Crippen molar-refractivity contribution >= 4 is 17.5 Å². The molecular weight excluding hydrogens is 298 g/mol. The van der Waals surface area contributed by atoms with Gasteiger partial charge in [0, 0.05) is 13.1 Å². The summed E-state index contributed by atoms with van der Waals surface area (Å²) in [5.74, 6) is 0.363. The lowest BCUT2D eigenvalue weighted by Gasteiger charge is -2.55. The van der Waals surface area contributed by atoms with E-state index in [9.17, 15) is 4.79 Å². The van der Waals surface area contributed by atoms with Gasteiger partial charge in [0.15, 0.2) is 0 Å². The molecule has 7 heteroatoms. The average Bonchev–Trinajstić information content (AvgIpc) is 2.33. The van der Waals surface area contributed by atoms with E-state index in [0.717, 1.165) is 32.0 Å². The number of aromatic nitrogens is 1. The van der Waals surface area contributed by atoms with Crippen LogP contribution in [0.25, 0.3) is 0 Å². The molecule has 1 amide bonds. The van der Waals surface area contributed by atoms with Gasteiger partial charge in [0.05, 0.1) is 37.6 Å². The molecule has 1 aromatic rings. The summed E-state index contributed by atoms with van der Waals surface area (Å²) in [6, 6.07) is 1.86. The van der Waals surface area contributed by atoms with Crippen molar-refractivity contribution in [1.82, 2.24) is 4.98 Å². The second-order valence-corrected chi connectivity index (χ2v) is 7.23. The van der Waals surface area contributed by atoms with E-state index in [0.29, 0.717) is 17.0 Å². The van der Waals surface area contributed by atoms with Crippen LogP contribution in [0.2, 0.25) is 0 Å². The minimum atomic E-state index is -0.559. The highest BCUT2D eigenvalue weighted by atomic mass is 16.6. The molecule has 0 bridgehead atoms. The molecule has 2 aliphatic rings. The van der Waals surface area contributed by atoms with Crippen molar-refractivity contribution in [2.75, 3.05) is 43.6 Å². The number of methoxy groups -OCH3 is 1. The molecule has 2 fully saturated rings. The van der Waals surface area contributed by atoms with Crippen molar-refractivity contribution in [3.8, 4) is 5.88 Å². The maximum atomic E-state index is 12.0. The molecule has 2 aliphatic heterocycles. The number of carbonyl (C=O) groups excluding carboxylic acids is 1. The number of nitrogens with zero attached hydrogens (tertiary/aromatic N) is 2. The fraction of sp³-hybridized carbons (Fsp3) is 0.625. The molecule has 0 aromatic carbocycles. The summed E-state index contributed by atoms with van der Waals surface area (Å²) in [7, 11) is 1.52. The number of ether oxygens (including phenoxy) is 3. The lowest BCUT2D eigenvalue weighted by molar-refractivity contribution is -0.127. The number of nitrogens with one attached hydrogen (secondary N) is 1. The third-order valence-corrected chi connectivity index (χ3v) is 3.90. The molecule has 1 aromatic heterocycles.